The number of piperidine rings is 1. The summed E-state index contributed by atoms with van der Waals surface area (Å²) in [6, 6.07) is 0. The van der Waals surface area contributed by atoms with Gasteiger partial charge in [-0.15, -0.1) is 11.3 Å². The molecule has 3 heterocycles. The van der Waals surface area contributed by atoms with E-state index in [-0.39, 0.29) is 11.8 Å². The number of likely N-dealkylation sites (tertiary alicyclic amines) is 1. The second-order valence-corrected chi connectivity index (χ2v) is 7.92. The number of nitrogens with zero attached hydrogens (tertiary/aromatic N) is 4. The summed E-state index contributed by atoms with van der Waals surface area (Å²) in [7, 11) is 1.42. The summed E-state index contributed by atoms with van der Waals surface area (Å²) in [5.74, 6) is 0.449. The molecule has 1 aliphatic heterocycles. The summed E-state index contributed by atoms with van der Waals surface area (Å²) >= 11 is 1.50. The van der Waals surface area contributed by atoms with Gasteiger partial charge in [-0.3, -0.25) is 9.69 Å². The second kappa shape index (κ2) is 8.71. The van der Waals surface area contributed by atoms with Crippen molar-refractivity contribution in [3.8, 4) is 5.88 Å². The lowest BCUT2D eigenvalue weighted by Crippen LogP contribution is -2.35. The molecule has 146 valence electrons. The summed E-state index contributed by atoms with van der Waals surface area (Å²) in [5, 5.41) is 3.35. The predicted molar refractivity (Wildman–Crippen MR) is 101 cm³/mol. The first-order valence-corrected chi connectivity index (χ1v) is 9.78. The lowest BCUT2D eigenvalue weighted by Gasteiger charge is -2.32. The lowest BCUT2D eigenvalue weighted by atomic mass is 9.94. The molecule has 1 amide bonds. The molecule has 1 atom stereocenters. The Kier molecular flexibility index (Phi) is 6.33. The van der Waals surface area contributed by atoms with Gasteiger partial charge in [0.15, 0.2) is 5.13 Å². The summed E-state index contributed by atoms with van der Waals surface area (Å²) in [4.78, 5) is 27.4. The van der Waals surface area contributed by atoms with E-state index in [0.29, 0.717) is 29.0 Å². The van der Waals surface area contributed by atoms with Gasteiger partial charge in [0.25, 0.3) is 5.88 Å². The highest BCUT2D eigenvalue weighted by atomic mass is 32.1. The van der Waals surface area contributed by atoms with Gasteiger partial charge in [0, 0.05) is 37.5 Å². The van der Waals surface area contributed by atoms with Crippen LogP contribution >= 0.6 is 11.3 Å². The first-order chi connectivity index (χ1) is 12.9. The van der Waals surface area contributed by atoms with E-state index in [2.05, 4.69) is 25.2 Å². The third-order valence-electron chi connectivity index (χ3n) is 4.52. The minimum Gasteiger partial charge on any atom is -0.479 e. The third-order valence-corrected chi connectivity index (χ3v) is 5.41. The van der Waals surface area contributed by atoms with Crippen LogP contribution < -0.4 is 10.1 Å². The van der Waals surface area contributed by atoms with Crippen LogP contribution in [-0.4, -0.2) is 46.0 Å². The number of nitrogens with one attached hydrogen (secondary N) is 1. The first kappa shape index (κ1) is 19.6. The largest absolute Gasteiger partial charge is 0.479 e. The van der Waals surface area contributed by atoms with Crippen molar-refractivity contribution in [2.45, 2.75) is 39.7 Å². The van der Waals surface area contributed by atoms with Crippen molar-refractivity contribution in [2.75, 3.05) is 25.5 Å². The number of amides is 1. The van der Waals surface area contributed by atoms with Crippen molar-refractivity contribution in [3.05, 3.63) is 28.4 Å². The van der Waals surface area contributed by atoms with Gasteiger partial charge in [-0.2, -0.15) is 9.37 Å². The average Bonchev–Trinajstić information content (AvgIpc) is 3.04. The van der Waals surface area contributed by atoms with Crippen LogP contribution in [0.4, 0.5) is 9.52 Å². The monoisotopic (exact) mass is 393 g/mol. The summed E-state index contributed by atoms with van der Waals surface area (Å²) in [5.41, 5.74) is 0.319. The van der Waals surface area contributed by atoms with Crippen molar-refractivity contribution in [1.29, 1.82) is 0 Å². The molecule has 2 aromatic rings. The molecule has 0 bridgehead atoms. The second-order valence-electron chi connectivity index (χ2n) is 6.81. The number of hydrogen-bond donors (Lipinski definition) is 1. The maximum absolute atomic E-state index is 13.9. The zero-order valence-corrected chi connectivity index (χ0v) is 16.6. The van der Waals surface area contributed by atoms with E-state index in [1.807, 2.05) is 6.20 Å². The number of ether oxygens (including phenoxy) is 1. The summed E-state index contributed by atoms with van der Waals surface area (Å²) < 4.78 is 18.9. The topological polar surface area (TPSA) is 80.2 Å². The van der Waals surface area contributed by atoms with Gasteiger partial charge in [0.1, 0.15) is 5.82 Å². The van der Waals surface area contributed by atoms with Crippen LogP contribution in [-0.2, 0) is 17.8 Å². The minimum atomic E-state index is -0.494. The number of carbonyl (C=O) groups excluding carboxylic acids is 1. The lowest BCUT2D eigenvalue weighted by molar-refractivity contribution is -0.114. The Bertz CT molecular complexity index is 813. The fourth-order valence-electron chi connectivity index (χ4n) is 3.34. The van der Waals surface area contributed by atoms with E-state index in [4.69, 9.17) is 4.74 Å². The third kappa shape index (κ3) is 5.20. The number of hydrogen-bond acceptors (Lipinski definition) is 7. The predicted octanol–water partition coefficient (Wildman–Crippen LogP) is 2.80. The highest BCUT2D eigenvalue weighted by molar-refractivity contribution is 7.15. The normalized spacial score (nSPS) is 17.7. The Hall–Kier alpha value is -2.13. The van der Waals surface area contributed by atoms with Gasteiger partial charge >= 0.3 is 0 Å². The highest BCUT2D eigenvalue weighted by Gasteiger charge is 2.23. The fraction of sp³-hybridized carbons (Fsp3) is 0.556. The van der Waals surface area contributed by atoms with Crippen LogP contribution in [0.25, 0.3) is 0 Å². The number of anilines is 1. The number of thiazole rings is 1. The fourth-order valence-corrected chi connectivity index (χ4v) is 4.25. The molecule has 0 aromatic carbocycles. The SMILES string of the molecule is COc1nc(CC2CCCN(Cc3cnc(NC(C)=O)s3)C2)nc(C)c1F. The Morgan fingerprint density at radius 2 is 2.30 bits per heavy atom. The zero-order valence-electron chi connectivity index (χ0n) is 15.8. The van der Waals surface area contributed by atoms with Crippen LogP contribution in [0.3, 0.4) is 0 Å². The summed E-state index contributed by atoms with van der Waals surface area (Å²) in [6.07, 6.45) is 4.71. The zero-order chi connectivity index (χ0) is 19.4. The molecular formula is C18H24FN5O2S. The van der Waals surface area contributed by atoms with Crippen molar-refractivity contribution in [2.24, 2.45) is 5.92 Å². The highest BCUT2D eigenvalue weighted by Crippen LogP contribution is 2.25. The molecule has 1 aliphatic rings. The van der Waals surface area contributed by atoms with E-state index in [0.717, 1.165) is 37.4 Å². The van der Waals surface area contributed by atoms with Crippen molar-refractivity contribution >= 4 is 22.4 Å². The number of halogens is 1. The average molecular weight is 393 g/mol. The van der Waals surface area contributed by atoms with E-state index >= 15 is 0 Å². The van der Waals surface area contributed by atoms with Crippen LogP contribution in [0.1, 0.15) is 36.2 Å². The van der Waals surface area contributed by atoms with Gasteiger partial charge in [-0.1, -0.05) is 0 Å². The standard InChI is InChI=1S/C18H24FN5O2S/c1-11-16(19)17(26-3)23-15(21-11)7-13-5-4-6-24(9-13)10-14-8-20-18(27-14)22-12(2)25/h8,13H,4-7,9-10H2,1-3H3,(H,20,22,25). The van der Waals surface area contributed by atoms with E-state index < -0.39 is 5.82 Å². The van der Waals surface area contributed by atoms with Gasteiger partial charge in [0.2, 0.25) is 11.7 Å². The van der Waals surface area contributed by atoms with Crippen molar-refractivity contribution in [1.82, 2.24) is 19.9 Å². The van der Waals surface area contributed by atoms with E-state index in [1.54, 1.807) is 6.92 Å². The Balaban J connectivity index is 1.60. The van der Waals surface area contributed by atoms with Crippen LogP contribution in [0.15, 0.2) is 6.20 Å². The molecule has 3 rings (SSSR count). The molecule has 27 heavy (non-hydrogen) atoms. The number of aryl methyl sites for hydroxylation is 1. The molecular weight excluding hydrogens is 369 g/mol. The first-order valence-electron chi connectivity index (χ1n) is 8.96. The van der Waals surface area contributed by atoms with Gasteiger partial charge < -0.3 is 10.1 Å². The maximum atomic E-state index is 13.9. The number of methoxy groups -OCH3 is 1. The van der Waals surface area contributed by atoms with Crippen LogP contribution in [0.5, 0.6) is 5.88 Å². The van der Waals surface area contributed by atoms with E-state index in [9.17, 15) is 9.18 Å². The van der Waals surface area contributed by atoms with E-state index in [1.165, 1.54) is 25.4 Å². The molecule has 1 unspecified atom stereocenters. The van der Waals surface area contributed by atoms with Crippen molar-refractivity contribution in [3.63, 3.8) is 0 Å². The molecule has 0 spiro atoms. The quantitative estimate of drug-likeness (QED) is 0.813. The van der Waals surface area contributed by atoms with Crippen LogP contribution in [0.2, 0.25) is 0 Å². The number of aromatic nitrogens is 3. The molecule has 7 nitrogen and oxygen atoms in total. The van der Waals surface area contributed by atoms with Crippen LogP contribution in [0, 0.1) is 18.7 Å². The molecule has 0 radical (unpaired) electrons. The molecule has 1 N–H and O–H groups in total. The minimum absolute atomic E-state index is 0.0142. The van der Waals surface area contributed by atoms with Gasteiger partial charge in [-0.05, 0) is 32.2 Å². The Morgan fingerprint density at radius 1 is 1.48 bits per heavy atom. The smallest absolute Gasteiger partial charge is 0.253 e. The maximum Gasteiger partial charge on any atom is 0.253 e. The molecule has 9 heteroatoms. The number of carbonyl (C=O) groups is 1. The Morgan fingerprint density at radius 3 is 3.04 bits per heavy atom. The molecule has 0 saturated carbocycles. The number of rotatable bonds is 6. The van der Waals surface area contributed by atoms with Gasteiger partial charge in [-0.25, -0.2) is 9.97 Å². The summed E-state index contributed by atoms with van der Waals surface area (Å²) in [6.45, 7) is 5.86. The molecule has 0 aliphatic carbocycles. The van der Waals surface area contributed by atoms with Gasteiger partial charge in [0.05, 0.1) is 12.8 Å². The molecule has 1 saturated heterocycles. The molecule has 2 aromatic heterocycles. The molecule has 1 fully saturated rings. The Labute approximate surface area is 162 Å². The van der Waals surface area contributed by atoms with Crippen molar-refractivity contribution < 1.29 is 13.9 Å².